The molecule has 0 N–H and O–H groups in total. The Balaban J connectivity index is 1.45. The van der Waals surface area contributed by atoms with Crippen LogP contribution < -0.4 is 14.7 Å². The van der Waals surface area contributed by atoms with Crippen LogP contribution in [0.3, 0.4) is 0 Å². The first-order chi connectivity index (χ1) is 14.0. The van der Waals surface area contributed by atoms with E-state index in [4.69, 9.17) is 9.97 Å². The van der Waals surface area contributed by atoms with Gasteiger partial charge >= 0.3 is 0 Å². The summed E-state index contributed by atoms with van der Waals surface area (Å²) in [6.07, 6.45) is 0. The lowest BCUT2D eigenvalue weighted by Gasteiger charge is -2.38. The van der Waals surface area contributed by atoms with E-state index in [-0.39, 0.29) is 0 Å². The van der Waals surface area contributed by atoms with E-state index in [2.05, 4.69) is 64.6 Å². The molecule has 0 radical (unpaired) electrons. The largest absolute Gasteiger partial charge is 0.368 e. The quantitative estimate of drug-likeness (QED) is 0.794. The van der Waals surface area contributed by atoms with Crippen LogP contribution in [0.1, 0.15) is 23.9 Å². The van der Waals surface area contributed by atoms with E-state index in [0.717, 1.165) is 76.4 Å². The molecule has 0 saturated carbocycles. The highest BCUT2D eigenvalue weighted by molar-refractivity contribution is 5.58. The van der Waals surface area contributed by atoms with Crippen molar-refractivity contribution in [3.63, 3.8) is 0 Å². The third-order valence-electron chi connectivity index (χ3n) is 6.47. The molecule has 2 aliphatic rings. The average Bonchev–Trinajstić information content (AvgIpc) is 2.75. The number of likely N-dealkylation sites (N-methyl/N-ethyl adjacent to an activating group) is 1. The van der Waals surface area contributed by atoms with Gasteiger partial charge in [0.2, 0.25) is 0 Å². The standard InChI is InChI=1S/C23H34N6/c1-5-26-9-11-28(12-10-26)22-17-23(25-20(4)24-22)29-15-13-27(14-16-29)21-8-6-7-18(2)19(21)3/h6-8,17H,5,9-16H2,1-4H3. The molecule has 0 unspecified atom stereocenters. The van der Waals surface area contributed by atoms with Gasteiger partial charge in [-0.05, 0) is 44.5 Å². The summed E-state index contributed by atoms with van der Waals surface area (Å²) in [5, 5.41) is 0. The van der Waals surface area contributed by atoms with Crippen LogP contribution in [-0.4, -0.2) is 73.8 Å². The van der Waals surface area contributed by atoms with Crippen molar-refractivity contribution < 1.29 is 0 Å². The van der Waals surface area contributed by atoms with Crippen LogP contribution in [0.2, 0.25) is 0 Å². The van der Waals surface area contributed by atoms with Gasteiger partial charge in [0.15, 0.2) is 0 Å². The molecule has 4 rings (SSSR count). The molecule has 2 fully saturated rings. The summed E-state index contributed by atoms with van der Waals surface area (Å²) in [5.74, 6) is 3.03. The number of benzene rings is 1. The Kier molecular flexibility index (Phi) is 5.90. The van der Waals surface area contributed by atoms with E-state index in [1.54, 1.807) is 0 Å². The van der Waals surface area contributed by atoms with Crippen LogP contribution in [-0.2, 0) is 0 Å². The molecule has 0 bridgehead atoms. The number of hydrogen-bond acceptors (Lipinski definition) is 6. The van der Waals surface area contributed by atoms with Crippen molar-refractivity contribution in [2.24, 2.45) is 0 Å². The Hall–Kier alpha value is -2.34. The molecule has 0 amide bonds. The summed E-state index contributed by atoms with van der Waals surface area (Å²) in [6.45, 7) is 18.2. The molecule has 29 heavy (non-hydrogen) atoms. The SMILES string of the molecule is CCN1CCN(c2cc(N3CCN(c4cccc(C)c4C)CC3)nc(C)n2)CC1. The summed E-state index contributed by atoms with van der Waals surface area (Å²) in [7, 11) is 0. The number of hydrogen-bond donors (Lipinski definition) is 0. The second-order valence-corrected chi connectivity index (χ2v) is 8.25. The second kappa shape index (κ2) is 8.57. The minimum atomic E-state index is 0.868. The number of anilines is 3. The number of rotatable bonds is 4. The Morgan fingerprint density at radius 3 is 1.90 bits per heavy atom. The predicted molar refractivity (Wildman–Crippen MR) is 121 cm³/mol. The van der Waals surface area contributed by atoms with Crippen LogP contribution in [0.5, 0.6) is 0 Å². The van der Waals surface area contributed by atoms with E-state index in [1.165, 1.54) is 16.8 Å². The molecule has 0 spiro atoms. The van der Waals surface area contributed by atoms with E-state index >= 15 is 0 Å². The van der Waals surface area contributed by atoms with Gasteiger partial charge in [-0.15, -0.1) is 0 Å². The van der Waals surface area contributed by atoms with Gasteiger partial charge in [0.25, 0.3) is 0 Å². The second-order valence-electron chi connectivity index (χ2n) is 8.25. The summed E-state index contributed by atoms with van der Waals surface area (Å²) in [5.41, 5.74) is 4.13. The number of aryl methyl sites for hydroxylation is 2. The molecule has 1 aromatic carbocycles. The predicted octanol–water partition coefficient (Wildman–Crippen LogP) is 2.87. The van der Waals surface area contributed by atoms with Crippen molar-refractivity contribution in [3.05, 3.63) is 41.2 Å². The lowest BCUT2D eigenvalue weighted by atomic mass is 10.1. The number of aromatic nitrogens is 2. The van der Waals surface area contributed by atoms with Gasteiger partial charge in [-0.2, -0.15) is 0 Å². The third kappa shape index (κ3) is 4.32. The van der Waals surface area contributed by atoms with Crippen molar-refractivity contribution in [3.8, 4) is 0 Å². The highest BCUT2D eigenvalue weighted by Crippen LogP contribution is 2.26. The molecule has 3 heterocycles. The van der Waals surface area contributed by atoms with Gasteiger partial charge in [-0.1, -0.05) is 19.1 Å². The molecule has 2 aromatic rings. The topological polar surface area (TPSA) is 38.7 Å². The fraction of sp³-hybridized carbons (Fsp3) is 0.565. The normalized spacial score (nSPS) is 18.4. The van der Waals surface area contributed by atoms with E-state index in [0.29, 0.717) is 0 Å². The van der Waals surface area contributed by atoms with Crippen molar-refractivity contribution >= 4 is 17.3 Å². The number of piperazine rings is 2. The minimum Gasteiger partial charge on any atom is -0.368 e. The first kappa shape index (κ1) is 20.0. The highest BCUT2D eigenvalue weighted by Gasteiger charge is 2.22. The zero-order chi connectivity index (χ0) is 20.4. The molecule has 156 valence electrons. The summed E-state index contributed by atoms with van der Waals surface area (Å²) >= 11 is 0. The molecule has 6 nitrogen and oxygen atoms in total. The monoisotopic (exact) mass is 394 g/mol. The zero-order valence-electron chi connectivity index (χ0n) is 18.4. The first-order valence-corrected chi connectivity index (χ1v) is 10.9. The van der Waals surface area contributed by atoms with E-state index < -0.39 is 0 Å². The van der Waals surface area contributed by atoms with Crippen LogP contribution in [0, 0.1) is 20.8 Å². The van der Waals surface area contributed by atoms with Crippen molar-refractivity contribution in [2.45, 2.75) is 27.7 Å². The Morgan fingerprint density at radius 1 is 0.759 bits per heavy atom. The van der Waals surface area contributed by atoms with Crippen molar-refractivity contribution in [2.75, 3.05) is 73.6 Å². The summed E-state index contributed by atoms with van der Waals surface area (Å²) in [6, 6.07) is 8.81. The van der Waals surface area contributed by atoms with E-state index in [1.807, 2.05) is 6.92 Å². The fourth-order valence-electron chi connectivity index (χ4n) is 4.41. The zero-order valence-corrected chi connectivity index (χ0v) is 18.4. The van der Waals surface area contributed by atoms with Crippen LogP contribution in [0.4, 0.5) is 17.3 Å². The van der Waals surface area contributed by atoms with Gasteiger partial charge < -0.3 is 19.6 Å². The molecule has 1 aromatic heterocycles. The van der Waals surface area contributed by atoms with Gasteiger partial charge in [0, 0.05) is 64.1 Å². The molecule has 0 atom stereocenters. The maximum absolute atomic E-state index is 4.77. The summed E-state index contributed by atoms with van der Waals surface area (Å²) < 4.78 is 0. The molecular formula is C23H34N6. The molecular weight excluding hydrogens is 360 g/mol. The Bertz CT molecular complexity index is 835. The van der Waals surface area contributed by atoms with Crippen LogP contribution in [0.25, 0.3) is 0 Å². The molecule has 6 heteroatoms. The molecule has 2 aliphatic heterocycles. The van der Waals surface area contributed by atoms with Crippen LogP contribution >= 0.6 is 0 Å². The Morgan fingerprint density at radius 2 is 1.31 bits per heavy atom. The minimum absolute atomic E-state index is 0.868. The van der Waals surface area contributed by atoms with Gasteiger partial charge in [-0.25, -0.2) is 9.97 Å². The fourth-order valence-corrected chi connectivity index (χ4v) is 4.41. The Labute approximate surface area is 175 Å². The van der Waals surface area contributed by atoms with E-state index in [9.17, 15) is 0 Å². The smallest absolute Gasteiger partial charge is 0.134 e. The highest BCUT2D eigenvalue weighted by atomic mass is 15.3. The maximum Gasteiger partial charge on any atom is 0.134 e. The third-order valence-corrected chi connectivity index (χ3v) is 6.47. The lowest BCUT2D eigenvalue weighted by Crippen LogP contribution is -2.48. The summed E-state index contributed by atoms with van der Waals surface area (Å²) in [4.78, 5) is 19.4. The average molecular weight is 395 g/mol. The molecule has 2 saturated heterocycles. The van der Waals surface area contributed by atoms with Crippen LogP contribution in [0.15, 0.2) is 24.3 Å². The molecule has 0 aliphatic carbocycles. The number of nitrogens with zero attached hydrogens (tertiary/aromatic N) is 6. The van der Waals surface area contributed by atoms with Gasteiger partial charge in [-0.3, -0.25) is 0 Å². The maximum atomic E-state index is 4.77. The van der Waals surface area contributed by atoms with Crippen molar-refractivity contribution in [1.82, 2.24) is 14.9 Å². The lowest BCUT2D eigenvalue weighted by molar-refractivity contribution is 0.270. The van der Waals surface area contributed by atoms with Crippen molar-refractivity contribution in [1.29, 1.82) is 0 Å². The first-order valence-electron chi connectivity index (χ1n) is 10.9. The van der Waals surface area contributed by atoms with Gasteiger partial charge in [0.05, 0.1) is 0 Å². The van der Waals surface area contributed by atoms with Gasteiger partial charge in [0.1, 0.15) is 17.5 Å².